The number of nitrogens with zero attached hydrogens (tertiary/aromatic N) is 6. The maximum absolute atomic E-state index is 12.6. The zero-order valence-electron chi connectivity index (χ0n) is 19.5. The predicted octanol–water partition coefficient (Wildman–Crippen LogP) is 4.71. The van der Waals surface area contributed by atoms with Crippen molar-refractivity contribution < 1.29 is 0 Å². The number of benzene rings is 2. The normalized spacial score (nSPS) is 12.4. The van der Waals surface area contributed by atoms with Crippen LogP contribution in [-0.2, 0) is 13.1 Å². The van der Waals surface area contributed by atoms with Gasteiger partial charge in [-0.15, -0.1) is 21.5 Å². The van der Waals surface area contributed by atoms with Gasteiger partial charge in [0.05, 0.1) is 28.3 Å². The van der Waals surface area contributed by atoms with Crippen LogP contribution in [0.3, 0.4) is 0 Å². The first-order chi connectivity index (χ1) is 17.5. The van der Waals surface area contributed by atoms with Crippen molar-refractivity contribution in [2.45, 2.75) is 26.9 Å². The van der Waals surface area contributed by atoms with E-state index in [4.69, 9.17) is 16.6 Å². The van der Waals surface area contributed by atoms with Gasteiger partial charge in [-0.1, -0.05) is 59.8 Å². The molecule has 4 heterocycles. The van der Waals surface area contributed by atoms with E-state index < -0.39 is 0 Å². The molecule has 0 radical (unpaired) electrons. The fraction of sp³-hybridized carbons (Fsp3) is 0.148. The van der Waals surface area contributed by atoms with Crippen LogP contribution in [0.2, 0.25) is 5.02 Å². The molecule has 176 valence electrons. The summed E-state index contributed by atoms with van der Waals surface area (Å²) < 4.78 is 3.63. The Kier molecular flexibility index (Phi) is 5.52. The topological polar surface area (TPSA) is 78.0 Å². The van der Waals surface area contributed by atoms with E-state index in [1.54, 1.807) is 15.9 Å². The molecule has 0 saturated heterocycles. The number of para-hydroxylation sites is 1. The molecule has 2 aromatic carbocycles. The van der Waals surface area contributed by atoms with Gasteiger partial charge < -0.3 is 0 Å². The summed E-state index contributed by atoms with van der Waals surface area (Å²) >= 11 is 8.09. The third-order valence-electron chi connectivity index (χ3n) is 6.10. The van der Waals surface area contributed by atoms with Crippen molar-refractivity contribution in [3.05, 3.63) is 103 Å². The summed E-state index contributed by atoms with van der Waals surface area (Å²) in [5, 5.41) is 11.1. The SMILES string of the molecule is Cc1nc(=O)n(CC#Cc2cc3c(s2)-n2c(C)nnc2CN=C3c2ccccc2Cl)c2ccccc12. The number of aryl methyl sites for hydroxylation is 2. The van der Waals surface area contributed by atoms with Crippen molar-refractivity contribution in [3.63, 3.8) is 0 Å². The van der Waals surface area contributed by atoms with Crippen LogP contribution >= 0.6 is 22.9 Å². The van der Waals surface area contributed by atoms with Gasteiger partial charge in [-0.2, -0.15) is 4.98 Å². The quantitative estimate of drug-likeness (QED) is 0.322. The number of hydrogen-bond acceptors (Lipinski definition) is 6. The molecular weight excluding hydrogens is 492 g/mol. The van der Waals surface area contributed by atoms with Crippen LogP contribution < -0.4 is 5.69 Å². The Bertz CT molecular complexity index is 1820. The molecule has 1 aliphatic heterocycles. The molecule has 0 atom stereocenters. The molecule has 36 heavy (non-hydrogen) atoms. The maximum atomic E-state index is 12.6. The van der Waals surface area contributed by atoms with E-state index in [9.17, 15) is 4.79 Å². The summed E-state index contributed by atoms with van der Waals surface area (Å²) in [6, 6.07) is 17.4. The molecule has 1 aliphatic rings. The number of aliphatic imine (C=N–C) groups is 1. The maximum Gasteiger partial charge on any atom is 0.349 e. The molecule has 0 saturated carbocycles. The van der Waals surface area contributed by atoms with Crippen LogP contribution in [0.5, 0.6) is 0 Å². The summed E-state index contributed by atoms with van der Waals surface area (Å²) in [7, 11) is 0. The van der Waals surface area contributed by atoms with Crippen molar-refractivity contribution in [1.82, 2.24) is 24.3 Å². The summed E-state index contributed by atoms with van der Waals surface area (Å²) in [5.41, 5.74) is 3.82. The number of thiophene rings is 1. The van der Waals surface area contributed by atoms with Crippen LogP contribution in [0, 0.1) is 25.7 Å². The molecule has 0 unspecified atom stereocenters. The summed E-state index contributed by atoms with van der Waals surface area (Å²) in [6.07, 6.45) is 0. The van der Waals surface area contributed by atoms with Crippen molar-refractivity contribution >= 4 is 39.6 Å². The second-order valence-electron chi connectivity index (χ2n) is 8.36. The monoisotopic (exact) mass is 510 g/mol. The second kappa shape index (κ2) is 8.86. The Hall–Kier alpha value is -4.06. The zero-order chi connectivity index (χ0) is 24.8. The molecule has 9 heteroatoms. The Labute approximate surface area is 215 Å². The highest BCUT2D eigenvalue weighted by molar-refractivity contribution is 7.15. The van der Waals surface area contributed by atoms with Gasteiger partial charge >= 0.3 is 5.69 Å². The molecule has 0 bridgehead atoms. The van der Waals surface area contributed by atoms with E-state index in [1.165, 1.54) is 0 Å². The third-order valence-corrected chi connectivity index (χ3v) is 7.46. The van der Waals surface area contributed by atoms with E-state index in [0.717, 1.165) is 49.3 Å². The Morgan fingerprint density at radius 3 is 2.72 bits per heavy atom. The highest BCUT2D eigenvalue weighted by Gasteiger charge is 2.25. The van der Waals surface area contributed by atoms with Gasteiger partial charge in [0.15, 0.2) is 5.82 Å². The fourth-order valence-electron chi connectivity index (χ4n) is 4.41. The lowest BCUT2D eigenvalue weighted by atomic mass is 10.0. The summed E-state index contributed by atoms with van der Waals surface area (Å²) in [6.45, 7) is 4.41. The molecule has 0 spiro atoms. The molecule has 0 amide bonds. The molecule has 3 aromatic heterocycles. The van der Waals surface area contributed by atoms with Crippen molar-refractivity contribution in [1.29, 1.82) is 0 Å². The lowest BCUT2D eigenvalue weighted by Gasteiger charge is -2.08. The van der Waals surface area contributed by atoms with Crippen LogP contribution in [-0.4, -0.2) is 30.0 Å². The van der Waals surface area contributed by atoms with Crippen molar-refractivity contribution in [2.75, 3.05) is 0 Å². The Morgan fingerprint density at radius 1 is 1.06 bits per heavy atom. The van der Waals surface area contributed by atoms with Crippen LogP contribution in [0.1, 0.15) is 33.3 Å². The van der Waals surface area contributed by atoms with Gasteiger partial charge in [0, 0.05) is 21.5 Å². The summed E-state index contributed by atoms with van der Waals surface area (Å²) in [4.78, 5) is 22.5. The number of rotatable bonds is 2. The molecular formula is C27H19ClN6OS. The lowest BCUT2D eigenvalue weighted by Crippen LogP contribution is -2.23. The molecule has 7 nitrogen and oxygen atoms in total. The van der Waals surface area contributed by atoms with Crippen molar-refractivity contribution in [3.8, 4) is 16.8 Å². The van der Waals surface area contributed by atoms with Gasteiger partial charge in [0.25, 0.3) is 0 Å². The number of aromatic nitrogens is 5. The smallest absolute Gasteiger partial charge is 0.280 e. The average Bonchev–Trinajstić information content (AvgIpc) is 3.41. The van der Waals surface area contributed by atoms with E-state index in [2.05, 4.69) is 27.0 Å². The summed E-state index contributed by atoms with van der Waals surface area (Å²) in [5.74, 6) is 7.96. The first kappa shape index (κ1) is 22.4. The van der Waals surface area contributed by atoms with E-state index >= 15 is 0 Å². The third kappa shape index (κ3) is 3.73. The van der Waals surface area contributed by atoms with E-state index in [-0.39, 0.29) is 12.2 Å². The van der Waals surface area contributed by atoms with Crippen molar-refractivity contribution in [2.24, 2.45) is 4.99 Å². The Balaban J connectivity index is 1.44. The number of hydrogen-bond donors (Lipinski definition) is 0. The standard InChI is InChI=1S/C27H19ClN6OS/c1-16-19-9-4-6-12-23(19)33(27(35)30-16)13-7-8-18-14-21-25(20-10-3-5-11-22(20)28)29-15-24-32-31-17(2)34(24)26(21)36-18/h3-6,9-12,14H,13,15H2,1-2H3. The molecule has 0 N–H and O–H groups in total. The molecule has 0 aliphatic carbocycles. The average molecular weight is 511 g/mol. The molecule has 6 rings (SSSR count). The van der Waals surface area contributed by atoms with Gasteiger partial charge in [-0.05, 0) is 32.0 Å². The van der Waals surface area contributed by atoms with E-state index in [1.807, 2.05) is 73.0 Å². The minimum absolute atomic E-state index is 0.234. The molecule has 0 fully saturated rings. The zero-order valence-corrected chi connectivity index (χ0v) is 21.1. The van der Waals surface area contributed by atoms with Gasteiger partial charge in [0.1, 0.15) is 17.4 Å². The van der Waals surface area contributed by atoms with Gasteiger partial charge in [0.2, 0.25) is 0 Å². The Morgan fingerprint density at radius 2 is 1.86 bits per heavy atom. The predicted molar refractivity (Wildman–Crippen MR) is 142 cm³/mol. The highest BCUT2D eigenvalue weighted by atomic mass is 35.5. The van der Waals surface area contributed by atoms with Gasteiger partial charge in [-0.25, -0.2) is 4.79 Å². The second-order valence-corrected chi connectivity index (χ2v) is 9.80. The van der Waals surface area contributed by atoms with Crippen LogP contribution in [0.25, 0.3) is 15.9 Å². The van der Waals surface area contributed by atoms with Crippen LogP contribution in [0.15, 0.2) is 64.4 Å². The first-order valence-electron chi connectivity index (χ1n) is 11.3. The largest absolute Gasteiger partial charge is 0.349 e. The number of halogens is 1. The lowest BCUT2D eigenvalue weighted by molar-refractivity contribution is 0.788. The highest BCUT2D eigenvalue weighted by Crippen LogP contribution is 2.34. The fourth-order valence-corrected chi connectivity index (χ4v) is 5.74. The van der Waals surface area contributed by atoms with Crippen LogP contribution in [0.4, 0.5) is 0 Å². The number of fused-ring (bicyclic) bond motifs is 4. The molecule has 5 aromatic rings. The van der Waals surface area contributed by atoms with E-state index in [0.29, 0.717) is 17.3 Å². The minimum Gasteiger partial charge on any atom is -0.280 e. The van der Waals surface area contributed by atoms with Gasteiger partial charge in [-0.3, -0.25) is 14.1 Å². The first-order valence-corrected chi connectivity index (χ1v) is 12.5. The minimum atomic E-state index is -0.305.